The van der Waals surface area contributed by atoms with Crippen molar-refractivity contribution in [2.24, 2.45) is 0 Å². The summed E-state index contributed by atoms with van der Waals surface area (Å²) in [5, 5.41) is 24.8. The maximum atomic E-state index is 12.4. The number of nitrogens with one attached hydrogen (secondary N) is 1. The summed E-state index contributed by atoms with van der Waals surface area (Å²) in [6, 6.07) is 8.53. The van der Waals surface area contributed by atoms with Crippen LogP contribution in [0.1, 0.15) is 28.4 Å². The van der Waals surface area contributed by atoms with E-state index in [4.69, 9.17) is 23.2 Å². The number of non-ortho nitro benzene ring substituents is 1. The molecule has 0 aliphatic heterocycles. The quantitative estimate of drug-likeness (QED) is 0.609. The van der Waals surface area contributed by atoms with Crippen molar-refractivity contribution in [3.8, 4) is 0 Å². The lowest BCUT2D eigenvalue weighted by Gasteiger charge is -2.20. The Labute approximate surface area is 152 Å². The number of amides is 1. The molecule has 1 N–H and O–H groups in total. The minimum atomic E-state index is -1.42. The molecule has 130 valence electrons. The summed E-state index contributed by atoms with van der Waals surface area (Å²) in [5.74, 6) is -2.06. The topological polar surface area (TPSA) is 112 Å². The predicted molar refractivity (Wildman–Crippen MR) is 89.4 cm³/mol. The van der Waals surface area contributed by atoms with Gasteiger partial charge in [0.05, 0.1) is 21.6 Å². The first-order chi connectivity index (χ1) is 11.8. The average molecular weight is 382 g/mol. The first-order valence-electron chi connectivity index (χ1n) is 6.98. The van der Waals surface area contributed by atoms with Crippen LogP contribution in [0.5, 0.6) is 0 Å². The second-order valence-electron chi connectivity index (χ2n) is 5.08. The van der Waals surface area contributed by atoms with Crippen LogP contribution >= 0.6 is 23.2 Å². The van der Waals surface area contributed by atoms with Crippen molar-refractivity contribution in [2.45, 2.75) is 12.5 Å². The van der Waals surface area contributed by atoms with E-state index in [0.717, 1.165) is 0 Å². The molecule has 0 radical (unpaired) electrons. The van der Waals surface area contributed by atoms with Gasteiger partial charge in [0.25, 0.3) is 11.6 Å². The summed E-state index contributed by atoms with van der Waals surface area (Å²) < 4.78 is 0. The van der Waals surface area contributed by atoms with Crippen LogP contribution in [0.25, 0.3) is 0 Å². The number of nitro groups is 1. The van der Waals surface area contributed by atoms with Gasteiger partial charge in [-0.25, -0.2) is 0 Å². The van der Waals surface area contributed by atoms with Gasteiger partial charge in [0.2, 0.25) is 0 Å². The van der Waals surface area contributed by atoms with Crippen molar-refractivity contribution in [1.82, 2.24) is 5.32 Å². The molecule has 0 aliphatic rings. The van der Waals surface area contributed by atoms with E-state index >= 15 is 0 Å². The smallest absolute Gasteiger partial charge is 0.269 e. The number of carbonyl (C=O) groups excluding carboxylic acids is 2. The minimum absolute atomic E-state index is 0.0937. The zero-order valence-electron chi connectivity index (χ0n) is 12.6. The van der Waals surface area contributed by atoms with Gasteiger partial charge >= 0.3 is 0 Å². The first-order valence-corrected chi connectivity index (χ1v) is 7.73. The second-order valence-corrected chi connectivity index (χ2v) is 5.92. The molecule has 2 rings (SSSR count). The summed E-state index contributed by atoms with van der Waals surface area (Å²) in [6.45, 7) is 0. The Hall–Kier alpha value is -2.64. The lowest BCUT2D eigenvalue weighted by molar-refractivity contribution is -0.385. The van der Waals surface area contributed by atoms with E-state index in [0.29, 0.717) is 5.02 Å². The summed E-state index contributed by atoms with van der Waals surface area (Å²) in [5.41, 5.74) is 0.135. The van der Waals surface area contributed by atoms with Crippen molar-refractivity contribution in [1.29, 1.82) is 0 Å². The third kappa shape index (κ3) is 4.91. The summed E-state index contributed by atoms with van der Waals surface area (Å²) in [7, 11) is 0. The van der Waals surface area contributed by atoms with Crippen LogP contribution in [-0.2, 0) is 4.79 Å². The van der Waals surface area contributed by atoms with Crippen LogP contribution in [0.2, 0.25) is 10.0 Å². The van der Waals surface area contributed by atoms with E-state index in [1.54, 1.807) is 0 Å². The zero-order valence-corrected chi connectivity index (χ0v) is 14.1. The Kier molecular flexibility index (Phi) is 5.95. The van der Waals surface area contributed by atoms with Crippen LogP contribution in [0.3, 0.4) is 0 Å². The first kappa shape index (κ1) is 18.7. The number of benzene rings is 2. The van der Waals surface area contributed by atoms with Gasteiger partial charge in [-0.3, -0.25) is 14.9 Å². The van der Waals surface area contributed by atoms with Gasteiger partial charge in [0.15, 0.2) is 0 Å². The fourth-order valence-corrected chi connectivity index (χ4v) is 2.68. The third-order valence-corrected chi connectivity index (χ3v) is 3.88. The molecule has 7 nitrogen and oxygen atoms in total. The number of nitro benzene ring substituents is 1. The molecular weight excluding hydrogens is 371 g/mol. The maximum Gasteiger partial charge on any atom is 0.269 e. The number of carboxylic acid groups (broad SMARTS) is 1. The highest BCUT2D eigenvalue weighted by Gasteiger charge is 2.20. The maximum absolute atomic E-state index is 12.4. The lowest BCUT2D eigenvalue weighted by Crippen LogP contribution is -2.34. The van der Waals surface area contributed by atoms with Crippen LogP contribution in [-0.4, -0.2) is 16.8 Å². The van der Waals surface area contributed by atoms with Crippen LogP contribution in [0, 0.1) is 10.1 Å². The molecule has 0 unspecified atom stereocenters. The van der Waals surface area contributed by atoms with E-state index < -0.39 is 29.3 Å². The Morgan fingerprint density at radius 1 is 1.16 bits per heavy atom. The van der Waals surface area contributed by atoms with Gasteiger partial charge in [-0.05, 0) is 23.8 Å². The van der Waals surface area contributed by atoms with E-state index in [1.165, 1.54) is 42.5 Å². The number of hydrogen-bond acceptors (Lipinski definition) is 5. The van der Waals surface area contributed by atoms with Crippen molar-refractivity contribution in [3.05, 3.63) is 73.8 Å². The number of nitrogens with zero attached hydrogens (tertiary/aromatic N) is 1. The number of carbonyl (C=O) groups is 2. The number of hydrogen-bond donors (Lipinski definition) is 1. The van der Waals surface area contributed by atoms with Crippen LogP contribution in [0.15, 0.2) is 42.5 Å². The molecule has 0 saturated carbocycles. The monoisotopic (exact) mass is 381 g/mol. The summed E-state index contributed by atoms with van der Waals surface area (Å²) in [6.07, 6.45) is -0.557. The number of rotatable bonds is 6. The molecule has 0 bridgehead atoms. The summed E-state index contributed by atoms with van der Waals surface area (Å²) >= 11 is 11.7. The average Bonchev–Trinajstić information content (AvgIpc) is 2.53. The molecule has 1 atom stereocenters. The van der Waals surface area contributed by atoms with E-state index in [2.05, 4.69) is 5.32 Å². The highest BCUT2D eigenvalue weighted by Crippen LogP contribution is 2.24. The van der Waals surface area contributed by atoms with Gasteiger partial charge < -0.3 is 15.2 Å². The molecule has 25 heavy (non-hydrogen) atoms. The Balaban J connectivity index is 2.31. The number of aliphatic carboxylic acids is 1. The van der Waals surface area contributed by atoms with E-state index in [-0.39, 0.29) is 21.8 Å². The molecule has 9 heteroatoms. The predicted octanol–water partition coefficient (Wildman–Crippen LogP) is 2.51. The molecule has 0 aliphatic carbocycles. The van der Waals surface area contributed by atoms with Gasteiger partial charge in [-0.1, -0.05) is 35.3 Å². The van der Waals surface area contributed by atoms with Crippen molar-refractivity contribution >= 4 is 40.8 Å². The van der Waals surface area contributed by atoms with Crippen molar-refractivity contribution < 1.29 is 19.6 Å². The molecule has 0 fully saturated rings. The van der Waals surface area contributed by atoms with Crippen LogP contribution < -0.4 is 10.4 Å². The largest absolute Gasteiger partial charge is 0.550 e. The third-order valence-electron chi connectivity index (χ3n) is 3.34. The highest BCUT2D eigenvalue weighted by atomic mass is 35.5. The lowest BCUT2D eigenvalue weighted by atomic mass is 10.0. The SMILES string of the molecule is O=C([O-])C[C@@H](NC(=O)c1ccc(Cl)cc1Cl)c1cccc([N+](=O)[O-])c1. The fourth-order valence-electron chi connectivity index (χ4n) is 2.18. The zero-order chi connectivity index (χ0) is 18.6. The molecule has 2 aromatic carbocycles. The standard InChI is InChI=1S/C16H12Cl2N2O5/c17-10-4-5-12(13(18)7-10)16(23)19-14(8-15(21)22)9-2-1-3-11(6-9)20(24)25/h1-7,14H,8H2,(H,19,23)(H,21,22)/p-1/t14-/m1/s1. The molecule has 0 spiro atoms. The highest BCUT2D eigenvalue weighted by molar-refractivity contribution is 6.36. The minimum Gasteiger partial charge on any atom is -0.550 e. The van der Waals surface area contributed by atoms with Crippen LogP contribution in [0.4, 0.5) is 5.69 Å². The molecular formula is C16H11Cl2N2O5-. The fraction of sp³-hybridized carbons (Fsp3) is 0.125. The molecule has 0 saturated heterocycles. The molecule has 0 heterocycles. The Morgan fingerprint density at radius 3 is 2.48 bits per heavy atom. The van der Waals surface area contributed by atoms with Crippen molar-refractivity contribution in [3.63, 3.8) is 0 Å². The molecule has 1 amide bonds. The van der Waals surface area contributed by atoms with Gasteiger partial charge in [-0.2, -0.15) is 0 Å². The Bertz CT molecular complexity index is 841. The Morgan fingerprint density at radius 2 is 1.88 bits per heavy atom. The van der Waals surface area contributed by atoms with E-state index in [1.807, 2.05) is 0 Å². The van der Waals surface area contributed by atoms with Crippen molar-refractivity contribution in [2.75, 3.05) is 0 Å². The number of halogens is 2. The molecule has 2 aromatic rings. The van der Waals surface area contributed by atoms with Gasteiger partial charge in [0, 0.05) is 29.5 Å². The van der Waals surface area contributed by atoms with Gasteiger partial charge in [0.1, 0.15) is 0 Å². The normalized spacial score (nSPS) is 11.6. The van der Waals surface area contributed by atoms with E-state index in [9.17, 15) is 24.8 Å². The van der Waals surface area contributed by atoms with Gasteiger partial charge in [-0.15, -0.1) is 0 Å². The number of carboxylic acids is 1. The second kappa shape index (κ2) is 7.96. The summed E-state index contributed by atoms with van der Waals surface area (Å²) in [4.78, 5) is 33.6. The molecule has 0 aromatic heterocycles.